The maximum Gasteiger partial charge on any atom is 0.416 e. The van der Waals surface area contributed by atoms with Crippen molar-refractivity contribution in [2.24, 2.45) is 5.73 Å². The molecule has 112 valence electrons. The highest BCUT2D eigenvalue weighted by Crippen LogP contribution is 2.34. The van der Waals surface area contributed by atoms with Gasteiger partial charge in [-0.3, -0.25) is 4.57 Å². The highest BCUT2D eigenvalue weighted by Gasteiger charge is 2.34. The lowest BCUT2D eigenvalue weighted by Gasteiger charge is -2.19. The molecule has 7 heteroatoms. The molecule has 2 rings (SSSR count). The molecule has 0 fully saturated rings. The van der Waals surface area contributed by atoms with E-state index in [1.165, 1.54) is 35.2 Å². The number of halogens is 3. The Morgan fingerprint density at radius 2 is 2.00 bits per heavy atom. The van der Waals surface area contributed by atoms with E-state index in [0.717, 1.165) is 11.6 Å². The average molecular weight is 297 g/mol. The van der Waals surface area contributed by atoms with Crippen LogP contribution in [-0.2, 0) is 12.7 Å². The van der Waals surface area contributed by atoms with E-state index in [1.807, 2.05) is 0 Å². The molecule has 0 bridgehead atoms. The zero-order chi connectivity index (χ0) is 15.6. The Hall–Kier alpha value is -2.15. The van der Waals surface area contributed by atoms with Crippen LogP contribution in [0.15, 0.2) is 41.5 Å². The summed E-state index contributed by atoms with van der Waals surface area (Å²) in [5.74, 6) is 0. The topological polar surface area (TPSA) is 60.9 Å². The van der Waals surface area contributed by atoms with Gasteiger partial charge in [0, 0.05) is 25.0 Å². The number of aromatic nitrogens is 2. The molecule has 0 amide bonds. The maximum atomic E-state index is 13.0. The van der Waals surface area contributed by atoms with Crippen molar-refractivity contribution in [1.29, 1.82) is 0 Å². The zero-order valence-electron chi connectivity index (χ0n) is 11.3. The highest BCUT2D eigenvalue weighted by atomic mass is 19.4. The van der Waals surface area contributed by atoms with Crippen LogP contribution in [0.2, 0.25) is 0 Å². The van der Waals surface area contributed by atoms with Crippen molar-refractivity contribution in [2.75, 3.05) is 0 Å². The van der Waals surface area contributed by atoms with Gasteiger partial charge in [0.05, 0.1) is 5.56 Å². The molecule has 0 aliphatic carbocycles. The average Bonchev–Trinajstić information content (AvgIpc) is 2.42. The molecule has 0 spiro atoms. The van der Waals surface area contributed by atoms with Gasteiger partial charge >= 0.3 is 11.9 Å². The van der Waals surface area contributed by atoms with Gasteiger partial charge in [0.1, 0.15) is 0 Å². The first-order valence-corrected chi connectivity index (χ1v) is 6.24. The van der Waals surface area contributed by atoms with Crippen LogP contribution in [0.4, 0.5) is 13.2 Å². The lowest BCUT2D eigenvalue weighted by Crippen LogP contribution is -2.29. The van der Waals surface area contributed by atoms with Crippen LogP contribution >= 0.6 is 0 Å². The predicted octanol–water partition coefficient (Wildman–Crippen LogP) is 2.27. The van der Waals surface area contributed by atoms with Crippen molar-refractivity contribution in [3.8, 4) is 0 Å². The minimum Gasteiger partial charge on any atom is -0.322 e. The number of benzene rings is 1. The number of hydrogen-bond donors (Lipinski definition) is 1. The fraction of sp³-hybridized carbons (Fsp3) is 0.286. The Kier molecular flexibility index (Phi) is 4.13. The third-order valence-electron chi connectivity index (χ3n) is 3.04. The molecule has 0 saturated carbocycles. The van der Waals surface area contributed by atoms with Crippen LogP contribution in [0.5, 0.6) is 0 Å². The van der Waals surface area contributed by atoms with Gasteiger partial charge in [0.2, 0.25) is 0 Å². The first kappa shape index (κ1) is 15.2. The highest BCUT2D eigenvalue weighted by molar-refractivity contribution is 5.32. The van der Waals surface area contributed by atoms with Crippen molar-refractivity contribution in [1.82, 2.24) is 9.55 Å². The standard InChI is InChI=1S/C14H14F3N3O/c1-9-6-19-13(21)20(7-9)8-12(18)10-4-2-3-5-11(10)14(15,16)17/h2-7,12H,8,18H2,1H3. The fourth-order valence-corrected chi connectivity index (χ4v) is 2.09. The van der Waals surface area contributed by atoms with Crippen LogP contribution in [0.3, 0.4) is 0 Å². The molecule has 2 aromatic rings. The summed E-state index contributed by atoms with van der Waals surface area (Å²) in [5, 5.41) is 0. The Balaban J connectivity index is 2.35. The van der Waals surface area contributed by atoms with Crippen LogP contribution in [-0.4, -0.2) is 9.55 Å². The number of aryl methyl sites for hydroxylation is 1. The number of hydrogen-bond acceptors (Lipinski definition) is 3. The summed E-state index contributed by atoms with van der Waals surface area (Å²) in [4.78, 5) is 15.2. The van der Waals surface area contributed by atoms with E-state index in [1.54, 1.807) is 6.92 Å². The normalized spacial score (nSPS) is 13.2. The number of rotatable bonds is 3. The van der Waals surface area contributed by atoms with E-state index in [0.29, 0.717) is 0 Å². The summed E-state index contributed by atoms with van der Waals surface area (Å²) in [7, 11) is 0. The monoisotopic (exact) mass is 297 g/mol. The van der Waals surface area contributed by atoms with E-state index in [2.05, 4.69) is 4.98 Å². The van der Waals surface area contributed by atoms with Crippen molar-refractivity contribution in [3.05, 3.63) is 63.8 Å². The molecule has 0 radical (unpaired) electrons. The van der Waals surface area contributed by atoms with Crippen LogP contribution in [0, 0.1) is 6.92 Å². The summed E-state index contributed by atoms with van der Waals surface area (Å²) >= 11 is 0. The predicted molar refractivity (Wildman–Crippen MR) is 71.6 cm³/mol. The molecule has 2 N–H and O–H groups in total. The number of nitrogens with zero attached hydrogens (tertiary/aromatic N) is 2. The second kappa shape index (κ2) is 5.69. The SMILES string of the molecule is Cc1cnc(=O)n(CC(N)c2ccccc2C(F)(F)F)c1. The van der Waals surface area contributed by atoms with E-state index >= 15 is 0 Å². The zero-order valence-corrected chi connectivity index (χ0v) is 11.3. The Morgan fingerprint density at radius 1 is 1.33 bits per heavy atom. The van der Waals surface area contributed by atoms with E-state index in [-0.39, 0.29) is 12.1 Å². The molecular formula is C14H14F3N3O. The van der Waals surface area contributed by atoms with E-state index < -0.39 is 23.5 Å². The number of alkyl halides is 3. The third-order valence-corrected chi connectivity index (χ3v) is 3.04. The summed E-state index contributed by atoms with van der Waals surface area (Å²) in [6.07, 6.45) is -1.57. The molecule has 1 aromatic heterocycles. The molecule has 1 aromatic carbocycles. The summed E-state index contributed by atoms with van der Waals surface area (Å²) in [6, 6.07) is 4.14. The van der Waals surface area contributed by atoms with Crippen molar-refractivity contribution >= 4 is 0 Å². The van der Waals surface area contributed by atoms with Crippen LogP contribution < -0.4 is 11.4 Å². The first-order chi connectivity index (χ1) is 9.79. The van der Waals surface area contributed by atoms with Gasteiger partial charge in [0.25, 0.3) is 0 Å². The smallest absolute Gasteiger partial charge is 0.322 e. The fourth-order valence-electron chi connectivity index (χ4n) is 2.09. The van der Waals surface area contributed by atoms with Crippen molar-refractivity contribution in [3.63, 3.8) is 0 Å². The van der Waals surface area contributed by atoms with E-state index in [4.69, 9.17) is 5.73 Å². The molecule has 4 nitrogen and oxygen atoms in total. The van der Waals surface area contributed by atoms with Gasteiger partial charge in [0.15, 0.2) is 0 Å². The van der Waals surface area contributed by atoms with Gasteiger partial charge < -0.3 is 5.73 Å². The molecular weight excluding hydrogens is 283 g/mol. The molecule has 1 heterocycles. The van der Waals surface area contributed by atoms with Gasteiger partial charge in [-0.2, -0.15) is 13.2 Å². The quantitative estimate of drug-likeness (QED) is 0.945. The largest absolute Gasteiger partial charge is 0.416 e. The first-order valence-electron chi connectivity index (χ1n) is 6.24. The second-order valence-electron chi connectivity index (χ2n) is 4.76. The van der Waals surface area contributed by atoms with Crippen LogP contribution in [0.25, 0.3) is 0 Å². The molecule has 1 atom stereocenters. The molecule has 21 heavy (non-hydrogen) atoms. The Labute approximate surface area is 119 Å². The van der Waals surface area contributed by atoms with Crippen LogP contribution in [0.1, 0.15) is 22.7 Å². The molecule has 0 aliphatic heterocycles. The van der Waals surface area contributed by atoms with Gasteiger partial charge in [-0.25, -0.2) is 9.78 Å². The third kappa shape index (κ3) is 3.49. The Morgan fingerprint density at radius 3 is 2.67 bits per heavy atom. The maximum absolute atomic E-state index is 13.0. The van der Waals surface area contributed by atoms with Gasteiger partial charge in [-0.1, -0.05) is 18.2 Å². The van der Waals surface area contributed by atoms with Gasteiger partial charge in [-0.15, -0.1) is 0 Å². The molecule has 0 aliphatic rings. The van der Waals surface area contributed by atoms with Crippen molar-refractivity contribution < 1.29 is 13.2 Å². The van der Waals surface area contributed by atoms with Crippen molar-refractivity contribution in [2.45, 2.75) is 25.7 Å². The molecule has 0 saturated heterocycles. The summed E-state index contributed by atoms with van der Waals surface area (Å²) < 4.78 is 40.1. The summed E-state index contributed by atoms with van der Waals surface area (Å²) in [6.45, 7) is 1.67. The lowest BCUT2D eigenvalue weighted by atomic mass is 10.0. The summed E-state index contributed by atoms with van der Waals surface area (Å²) in [5.41, 5.74) is 5.21. The minimum atomic E-state index is -4.48. The van der Waals surface area contributed by atoms with E-state index in [9.17, 15) is 18.0 Å². The lowest BCUT2D eigenvalue weighted by molar-refractivity contribution is -0.138. The Bertz CT molecular complexity index is 694. The second-order valence-corrected chi connectivity index (χ2v) is 4.76. The molecule has 1 unspecified atom stereocenters. The minimum absolute atomic E-state index is 0.0431. The number of nitrogens with two attached hydrogens (primary N) is 1. The van der Waals surface area contributed by atoms with Gasteiger partial charge in [-0.05, 0) is 24.1 Å².